The molecule has 1 fully saturated rings. The Morgan fingerprint density at radius 3 is 2.52 bits per heavy atom. The molecule has 1 aliphatic carbocycles. The summed E-state index contributed by atoms with van der Waals surface area (Å²) in [4.78, 5) is 2.08. The number of hydrogen-bond acceptors (Lipinski definition) is 2. The molecule has 1 saturated carbocycles. The third-order valence-corrected chi connectivity index (χ3v) is 4.61. The summed E-state index contributed by atoms with van der Waals surface area (Å²) >= 11 is 0. The molecule has 0 bridgehead atoms. The Hall–Kier alpha value is -1.07. The minimum atomic E-state index is -4.28. The van der Waals surface area contributed by atoms with E-state index in [1.165, 1.54) is 12.1 Å². The van der Waals surface area contributed by atoms with Gasteiger partial charge in [-0.05, 0) is 57.8 Å². The van der Waals surface area contributed by atoms with Gasteiger partial charge in [0, 0.05) is 11.6 Å². The Bertz CT molecular complexity index is 495. The van der Waals surface area contributed by atoms with E-state index in [0.29, 0.717) is 0 Å². The molecule has 1 aliphatic rings. The zero-order valence-corrected chi connectivity index (χ0v) is 12.7. The molecule has 118 valence electrons. The van der Waals surface area contributed by atoms with Crippen molar-refractivity contribution in [3.8, 4) is 0 Å². The molecule has 5 heteroatoms. The van der Waals surface area contributed by atoms with Gasteiger partial charge in [0.25, 0.3) is 0 Å². The predicted octanol–water partition coefficient (Wildman–Crippen LogP) is 3.62. The molecular formula is C16H23F3N2. The van der Waals surface area contributed by atoms with Gasteiger partial charge in [-0.1, -0.05) is 18.2 Å². The lowest BCUT2D eigenvalue weighted by Gasteiger charge is -2.45. The van der Waals surface area contributed by atoms with Crippen molar-refractivity contribution in [1.29, 1.82) is 0 Å². The molecule has 21 heavy (non-hydrogen) atoms. The van der Waals surface area contributed by atoms with E-state index in [-0.39, 0.29) is 17.5 Å². The Morgan fingerprint density at radius 1 is 1.29 bits per heavy atom. The molecule has 1 aromatic carbocycles. The molecule has 0 aromatic heterocycles. The first kappa shape index (κ1) is 16.3. The molecule has 3 atom stereocenters. The van der Waals surface area contributed by atoms with Crippen LogP contribution in [-0.2, 0) is 6.18 Å². The van der Waals surface area contributed by atoms with Gasteiger partial charge in [-0.2, -0.15) is 13.2 Å². The molecule has 1 aromatic rings. The minimum Gasteiger partial charge on any atom is -0.324 e. The number of nitrogens with zero attached hydrogens (tertiary/aromatic N) is 1. The van der Waals surface area contributed by atoms with Crippen molar-refractivity contribution in [3.63, 3.8) is 0 Å². The largest absolute Gasteiger partial charge is 0.416 e. The lowest BCUT2D eigenvalue weighted by molar-refractivity contribution is -0.137. The summed E-state index contributed by atoms with van der Waals surface area (Å²) in [5.74, 6) is 0.135. The first-order chi connectivity index (χ1) is 9.61. The van der Waals surface area contributed by atoms with Crippen molar-refractivity contribution < 1.29 is 13.2 Å². The maximum atomic E-state index is 12.8. The van der Waals surface area contributed by atoms with Crippen LogP contribution in [0.5, 0.6) is 0 Å². The molecule has 0 aliphatic heterocycles. The van der Waals surface area contributed by atoms with Gasteiger partial charge in [0.2, 0.25) is 0 Å². The van der Waals surface area contributed by atoms with Crippen molar-refractivity contribution in [2.45, 2.75) is 49.9 Å². The normalized spacial score (nSPS) is 30.7. The third-order valence-electron chi connectivity index (χ3n) is 4.61. The molecular weight excluding hydrogens is 277 g/mol. The maximum absolute atomic E-state index is 12.8. The quantitative estimate of drug-likeness (QED) is 0.904. The Kier molecular flexibility index (Phi) is 4.36. The molecule has 2 rings (SSSR count). The van der Waals surface area contributed by atoms with Crippen LogP contribution in [0.2, 0.25) is 0 Å². The Morgan fingerprint density at radius 2 is 1.95 bits per heavy atom. The Labute approximate surface area is 124 Å². The maximum Gasteiger partial charge on any atom is 0.416 e. The molecule has 0 spiro atoms. The summed E-state index contributed by atoms with van der Waals surface area (Å²) in [6, 6.07) is 5.88. The van der Waals surface area contributed by atoms with Crippen molar-refractivity contribution in [1.82, 2.24) is 4.90 Å². The van der Waals surface area contributed by atoms with E-state index in [9.17, 15) is 13.2 Å². The minimum absolute atomic E-state index is 0.135. The second-order valence-electron chi connectivity index (χ2n) is 6.58. The standard InChI is InChI=1S/C16H23F3N2/c1-15(20)8-7-12(10-14(15)21(2)3)11-5-4-6-13(9-11)16(17,18)19/h4-6,9,12,14H,7-8,10,20H2,1-3H3. The molecule has 2 nitrogen and oxygen atoms in total. The van der Waals surface area contributed by atoms with Gasteiger partial charge in [-0.25, -0.2) is 0 Å². The number of halogens is 3. The van der Waals surface area contributed by atoms with Crippen molar-refractivity contribution in [2.75, 3.05) is 14.1 Å². The van der Waals surface area contributed by atoms with Crippen LogP contribution >= 0.6 is 0 Å². The third kappa shape index (κ3) is 3.58. The summed E-state index contributed by atoms with van der Waals surface area (Å²) in [5.41, 5.74) is 6.25. The van der Waals surface area contributed by atoms with Gasteiger partial charge in [-0.15, -0.1) is 0 Å². The number of likely N-dealkylation sites (N-methyl/N-ethyl adjacent to an activating group) is 1. The highest BCUT2D eigenvalue weighted by Crippen LogP contribution is 2.40. The molecule has 3 unspecified atom stereocenters. The highest BCUT2D eigenvalue weighted by Gasteiger charge is 2.39. The summed E-state index contributed by atoms with van der Waals surface area (Å²) in [6.07, 6.45) is -1.84. The molecule has 2 N–H and O–H groups in total. The van der Waals surface area contributed by atoms with E-state index in [0.717, 1.165) is 30.9 Å². The van der Waals surface area contributed by atoms with E-state index < -0.39 is 11.7 Å². The fourth-order valence-electron chi connectivity index (χ4n) is 3.38. The van der Waals surface area contributed by atoms with Gasteiger partial charge >= 0.3 is 6.18 Å². The number of nitrogens with two attached hydrogens (primary N) is 1. The summed E-state index contributed by atoms with van der Waals surface area (Å²) in [5, 5.41) is 0. The summed E-state index contributed by atoms with van der Waals surface area (Å²) < 4.78 is 38.5. The average molecular weight is 300 g/mol. The van der Waals surface area contributed by atoms with E-state index in [1.807, 2.05) is 21.0 Å². The SMILES string of the molecule is CN(C)C1CC(c2cccc(C(F)(F)F)c2)CCC1(C)N. The molecule has 0 amide bonds. The van der Waals surface area contributed by atoms with Crippen LogP contribution in [0.25, 0.3) is 0 Å². The zero-order chi connectivity index (χ0) is 15.8. The average Bonchev–Trinajstić information content (AvgIpc) is 2.37. The summed E-state index contributed by atoms with van der Waals surface area (Å²) in [6.45, 7) is 2.03. The lowest BCUT2D eigenvalue weighted by Crippen LogP contribution is -2.57. The van der Waals surface area contributed by atoms with Gasteiger partial charge in [0.05, 0.1) is 5.56 Å². The first-order valence-electron chi connectivity index (χ1n) is 7.24. The van der Waals surface area contributed by atoms with Gasteiger partial charge in [-0.3, -0.25) is 0 Å². The number of alkyl halides is 3. The predicted molar refractivity (Wildman–Crippen MR) is 78.1 cm³/mol. The van der Waals surface area contributed by atoms with Crippen molar-refractivity contribution in [2.24, 2.45) is 5.73 Å². The Balaban J connectivity index is 2.24. The van der Waals surface area contributed by atoms with Crippen molar-refractivity contribution in [3.05, 3.63) is 35.4 Å². The van der Waals surface area contributed by atoms with E-state index in [1.54, 1.807) is 6.07 Å². The second kappa shape index (κ2) is 5.61. The van der Waals surface area contributed by atoms with Crippen molar-refractivity contribution >= 4 is 0 Å². The zero-order valence-electron chi connectivity index (χ0n) is 12.7. The number of rotatable bonds is 2. The molecule has 0 radical (unpaired) electrons. The van der Waals surface area contributed by atoms with Crippen LogP contribution in [0.15, 0.2) is 24.3 Å². The lowest BCUT2D eigenvalue weighted by atomic mass is 9.71. The smallest absolute Gasteiger partial charge is 0.324 e. The van der Waals surface area contributed by atoms with Gasteiger partial charge in [0.15, 0.2) is 0 Å². The fraction of sp³-hybridized carbons (Fsp3) is 0.625. The highest BCUT2D eigenvalue weighted by atomic mass is 19.4. The van der Waals surface area contributed by atoms with E-state index >= 15 is 0 Å². The number of benzene rings is 1. The van der Waals surface area contributed by atoms with E-state index in [4.69, 9.17) is 5.73 Å². The highest BCUT2D eigenvalue weighted by molar-refractivity contribution is 5.29. The van der Waals surface area contributed by atoms with E-state index in [2.05, 4.69) is 4.90 Å². The molecule has 0 heterocycles. The van der Waals surface area contributed by atoms with Gasteiger partial charge < -0.3 is 10.6 Å². The fourth-order valence-corrected chi connectivity index (χ4v) is 3.38. The van der Waals surface area contributed by atoms with Gasteiger partial charge in [0.1, 0.15) is 0 Å². The molecule has 0 saturated heterocycles. The topological polar surface area (TPSA) is 29.3 Å². The monoisotopic (exact) mass is 300 g/mol. The van der Waals surface area contributed by atoms with Crippen LogP contribution in [-0.4, -0.2) is 30.6 Å². The van der Waals surface area contributed by atoms with Crippen LogP contribution in [0, 0.1) is 0 Å². The summed E-state index contributed by atoms with van der Waals surface area (Å²) in [7, 11) is 3.95. The number of hydrogen-bond donors (Lipinski definition) is 1. The van der Waals surface area contributed by atoms with Crippen LogP contribution < -0.4 is 5.73 Å². The first-order valence-corrected chi connectivity index (χ1v) is 7.24. The second-order valence-corrected chi connectivity index (χ2v) is 6.58. The van der Waals surface area contributed by atoms with Crippen LogP contribution in [0.4, 0.5) is 13.2 Å². The van der Waals surface area contributed by atoms with Crippen LogP contribution in [0.1, 0.15) is 43.2 Å². The van der Waals surface area contributed by atoms with Crippen LogP contribution in [0.3, 0.4) is 0 Å².